The van der Waals surface area contributed by atoms with Crippen molar-refractivity contribution in [1.29, 1.82) is 0 Å². The van der Waals surface area contributed by atoms with Crippen molar-refractivity contribution < 1.29 is 0 Å². The number of nitrogens with zero attached hydrogens (tertiary/aromatic N) is 1. The molecule has 3 rings (SSSR count). The molecule has 2 fully saturated rings. The second kappa shape index (κ2) is 6.39. The van der Waals surface area contributed by atoms with Crippen LogP contribution in [0.5, 0.6) is 0 Å². The van der Waals surface area contributed by atoms with Crippen molar-refractivity contribution in [2.45, 2.75) is 69.7 Å². The summed E-state index contributed by atoms with van der Waals surface area (Å²) >= 11 is 0. The molecule has 2 bridgehead atoms. The maximum absolute atomic E-state index is 6.03. The summed E-state index contributed by atoms with van der Waals surface area (Å²) in [5, 5.41) is 0. The Morgan fingerprint density at radius 2 is 2.19 bits per heavy atom. The number of fused-ring (bicyclic) bond motifs is 2. The van der Waals surface area contributed by atoms with E-state index in [-0.39, 0.29) is 0 Å². The summed E-state index contributed by atoms with van der Waals surface area (Å²) in [6.45, 7) is 4.89. The Morgan fingerprint density at radius 1 is 1.29 bits per heavy atom. The van der Waals surface area contributed by atoms with Crippen molar-refractivity contribution in [2.24, 2.45) is 0 Å². The number of piperidine rings is 1. The number of benzene rings is 1. The summed E-state index contributed by atoms with van der Waals surface area (Å²) in [6.07, 6.45) is 10.9. The lowest BCUT2D eigenvalue weighted by molar-refractivity contribution is 0.0504. The molecule has 2 N–H and O–H groups in total. The van der Waals surface area contributed by atoms with Crippen LogP contribution in [0.4, 0.5) is 5.69 Å². The number of anilines is 1. The first kappa shape index (κ1) is 14.9. The van der Waals surface area contributed by atoms with Gasteiger partial charge in [0.15, 0.2) is 0 Å². The average Bonchev–Trinajstić information content (AvgIpc) is 2.50. The highest BCUT2D eigenvalue weighted by Crippen LogP contribution is 2.47. The van der Waals surface area contributed by atoms with Crippen LogP contribution in [0.1, 0.15) is 63.9 Å². The molecule has 1 aromatic carbocycles. The van der Waals surface area contributed by atoms with E-state index in [1.165, 1.54) is 70.0 Å². The van der Waals surface area contributed by atoms with E-state index in [0.717, 1.165) is 11.7 Å². The minimum atomic E-state index is 0.416. The minimum absolute atomic E-state index is 0.416. The molecule has 0 spiro atoms. The van der Waals surface area contributed by atoms with E-state index in [2.05, 4.69) is 30.0 Å². The Hall–Kier alpha value is -1.02. The van der Waals surface area contributed by atoms with Gasteiger partial charge in [0, 0.05) is 11.7 Å². The Labute approximate surface area is 129 Å². The summed E-state index contributed by atoms with van der Waals surface area (Å²) in [6, 6.07) is 9.50. The highest BCUT2D eigenvalue weighted by molar-refractivity contribution is 5.44. The van der Waals surface area contributed by atoms with Crippen LogP contribution >= 0.6 is 0 Å². The fourth-order valence-electron chi connectivity index (χ4n) is 4.54. The third-order valence-electron chi connectivity index (χ3n) is 5.76. The van der Waals surface area contributed by atoms with Crippen LogP contribution < -0.4 is 5.73 Å². The van der Waals surface area contributed by atoms with Crippen molar-refractivity contribution in [3.8, 4) is 0 Å². The summed E-state index contributed by atoms with van der Waals surface area (Å²) < 4.78 is 0. The summed E-state index contributed by atoms with van der Waals surface area (Å²) in [5.74, 6) is 0. The molecule has 1 aromatic rings. The highest BCUT2D eigenvalue weighted by atomic mass is 15.2. The number of likely N-dealkylation sites (tertiary alicyclic amines) is 1. The van der Waals surface area contributed by atoms with Gasteiger partial charge in [0.25, 0.3) is 0 Å². The van der Waals surface area contributed by atoms with Gasteiger partial charge in [0.05, 0.1) is 0 Å². The number of nitrogen functional groups attached to an aromatic ring is 1. The highest BCUT2D eigenvalue weighted by Gasteiger charge is 2.43. The van der Waals surface area contributed by atoms with Crippen molar-refractivity contribution in [1.82, 2.24) is 4.90 Å². The van der Waals surface area contributed by atoms with Gasteiger partial charge in [0.1, 0.15) is 0 Å². The zero-order chi connectivity index (χ0) is 14.7. The Morgan fingerprint density at radius 3 is 3.00 bits per heavy atom. The SMILES string of the molecule is CCCCCN1CCC2(c3cccc(N)c3)CCCC1C2. The fraction of sp³-hybridized carbons (Fsp3) is 0.684. The van der Waals surface area contributed by atoms with Crippen LogP contribution in [0.15, 0.2) is 24.3 Å². The first-order valence-corrected chi connectivity index (χ1v) is 8.83. The van der Waals surface area contributed by atoms with Crippen LogP contribution in [0.25, 0.3) is 0 Å². The van der Waals surface area contributed by atoms with E-state index < -0.39 is 0 Å². The van der Waals surface area contributed by atoms with E-state index in [4.69, 9.17) is 5.73 Å². The molecule has 1 aliphatic carbocycles. The molecule has 21 heavy (non-hydrogen) atoms. The molecule has 1 heterocycles. The van der Waals surface area contributed by atoms with E-state index in [0.29, 0.717) is 5.41 Å². The summed E-state index contributed by atoms with van der Waals surface area (Å²) in [4.78, 5) is 2.78. The zero-order valence-electron chi connectivity index (χ0n) is 13.5. The number of hydrogen-bond acceptors (Lipinski definition) is 2. The standard InChI is InChI=1S/C19H30N2/c1-2-3-4-12-21-13-11-19(10-6-9-18(21)15-19)16-7-5-8-17(20)14-16/h5,7-8,14,18H,2-4,6,9-13,15,20H2,1H3. The van der Waals surface area contributed by atoms with Gasteiger partial charge in [0.2, 0.25) is 0 Å². The molecule has 1 aliphatic heterocycles. The van der Waals surface area contributed by atoms with Crippen molar-refractivity contribution >= 4 is 5.69 Å². The largest absolute Gasteiger partial charge is 0.399 e. The Balaban J connectivity index is 1.72. The van der Waals surface area contributed by atoms with Crippen molar-refractivity contribution in [3.63, 3.8) is 0 Å². The van der Waals surface area contributed by atoms with Crippen LogP contribution in [0, 0.1) is 0 Å². The monoisotopic (exact) mass is 286 g/mol. The van der Waals surface area contributed by atoms with Crippen LogP contribution in [-0.4, -0.2) is 24.0 Å². The quantitative estimate of drug-likeness (QED) is 0.644. The number of hydrogen-bond donors (Lipinski definition) is 1. The third kappa shape index (κ3) is 3.11. The molecule has 2 unspecified atom stereocenters. The molecule has 116 valence electrons. The smallest absolute Gasteiger partial charge is 0.0316 e. The number of rotatable bonds is 5. The molecule has 2 atom stereocenters. The fourth-order valence-corrected chi connectivity index (χ4v) is 4.54. The maximum atomic E-state index is 6.03. The lowest BCUT2D eigenvalue weighted by Gasteiger charge is -2.51. The predicted molar refractivity (Wildman–Crippen MR) is 90.5 cm³/mol. The van der Waals surface area contributed by atoms with E-state index >= 15 is 0 Å². The second-order valence-electron chi connectivity index (χ2n) is 7.15. The van der Waals surface area contributed by atoms with E-state index in [1.807, 2.05) is 6.07 Å². The molecular formula is C19H30N2. The lowest BCUT2D eigenvalue weighted by Crippen LogP contribution is -2.51. The molecule has 0 radical (unpaired) electrons. The second-order valence-corrected chi connectivity index (χ2v) is 7.15. The zero-order valence-corrected chi connectivity index (χ0v) is 13.5. The molecule has 0 amide bonds. The van der Waals surface area contributed by atoms with Crippen molar-refractivity contribution in [3.05, 3.63) is 29.8 Å². The van der Waals surface area contributed by atoms with Crippen LogP contribution in [0.3, 0.4) is 0 Å². The minimum Gasteiger partial charge on any atom is -0.399 e. The Bertz CT molecular complexity index is 470. The molecule has 1 saturated heterocycles. The van der Waals surface area contributed by atoms with Gasteiger partial charge in [-0.15, -0.1) is 0 Å². The maximum Gasteiger partial charge on any atom is 0.0316 e. The van der Waals surface area contributed by atoms with Gasteiger partial charge >= 0.3 is 0 Å². The molecule has 1 saturated carbocycles. The molecule has 0 aromatic heterocycles. The van der Waals surface area contributed by atoms with Gasteiger partial charge < -0.3 is 10.6 Å². The average molecular weight is 286 g/mol. The van der Waals surface area contributed by atoms with Crippen LogP contribution in [-0.2, 0) is 5.41 Å². The first-order valence-electron chi connectivity index (χ1n) is 8.83. The van der Waals surface area contributed by atoms with Gasteiger partial charge in [-0.3, -0.25) is 0 Å². The lowest BCUT2D eigenvalue weighted by atomic mass is 9.63. The first-order chi connectivity index (χ1) is 10.2. The van der Waals surface area contributed by atoms with Gasteiger partial charge in [-0.05, 0) is 68.3 Å². The van der Waals surface area contributed by atoms with Crippen molar-refractivity contribution in [2.75, 3.05) is 18.8 Å². The van der Waals surface area contributed by atoms with Gasteiger partial charge in [-0.1, -0.05) is 38.3 Å². The molecule has 2 nitrogen and oxygen atoms in total. The Kier molecular flexibility index (Phi) is 4.54. The molecular weight excluding hydrogens is 256 g/mol. The number of nitrogens with two attached hydrogens (primary N) is 1. The topological polar surface area (TPSA) is 29.3 Å². The normalized spacial score (nSPS) is 29.5. The van der Waals surface area contributed by atoms with E-state index in [1.54, 1.807) is 0 Å². The van der Waals surface area contributed by atoms with Gasteiger partial charge in [-0.25, -0.2) is 0 Å². The summed E-state index contributed by atoms with van der Waals surface area (Å²) in [7, 11) is 0. The molecule has 2 aliphatic rings. The molecule has 2 heteroatoms. The van der Waals surface area contributed by atoms with Crippen LogP contribution in [0.2, 0.25) is 0 Å². The van der Waals surface area contributed by atoms with E-state index in [9.17, 15) is 0 Å². The predicted octanol–water partition coefficient (Wildman–Crippen LogP) is 4.35. The third-order valence-corrected chi connectivity index (χ3v) is 5.76. The summed E-state index contributed by atoms with van der Waals surface area (Å²) in [5.41, 5.74) is 8.87. The van der Waals surface area contributed by atoms with Gasteiger partial charge in [-0.2, -0.15) is 0 Å². The number of unbranched alkanes of at least 4 members (excludes halogenated alkanes) is 2.